The molecule has 4 rings (SSSR count). The maximum atomic E-state index is 12.5. The molecule has 0 spiro atoms. The number of amidine groups is 1. The van der Waals surface area contributed by atoms with E-state index in [4.69, 9.17) is 0 Å². The van der Waals surface area contributed by atoms with Gasteiger partial charge < -0.3 is 5.32 Å². The fourth-order valence-corrected chi connectivity index (χ4v) is 3.06. The molecule has 0 aliphatic carbocycles. The molecule has 0 saturated heterocycles. The number of amides is 2. The summed E-state index contributed by atoms with van der Waals surface area (Å²) >= 11 is 0. The molecule has 2 amide bonds. The molecule has 0 fully saturated rings. The summed E-state index contributed by atoms with van der Waals surface area (Å²) in [6, 6.07) is 17.3. The van der Waals surface area contributed by atoms with Crippen molar-refractivity contribution in [3.63, 3.8) is 0 Å². The fraction of sp³-hybridized carbons (Fsp3) is 0.182. The van der Waals surface area contributed by atoms with Crippen molar-refractivity contribution >= 4 is 23.3 Å². The van der Waals surface area contributed by atoms with Crippen LogP contribution < -0.4 is 15.8 Å². The van der Waals surface area contributed by atoms with Gasteiger partial charge in [-0.15, -0.1) is 0 Å². The molecule has 1 aliphatic rings. The van der Waals surface area contributed by atoms with Gasteiger partial charge in [-0.2, -0.15) is 5.10 Å². The van der Waals surface area contributed by atoms with Crippen LogP contribution in [0.25, 0.3) is 0 Å². The first-order chi connectivity index (χ1) is 14.6. The molecule has 30 heavy (non-hydrogen) atoms. The van der Waals surface area contributed by atoms with E-state index in [1.165, 1.54) is 5.01 Å². The monoisotopic (exact) mass is 402 g/mol. The molecule has 2 aromatic carbocycles. The van der Waals surface area contributed by atoms with Gasteiger partial charge in [0.1, 0.15) is 6.54 Å². The lowest BCUT2D eigenvalue weighted by atomic mass is 10.1. The zero-order valence-electron chi connectivity index (χ0n) is 16.6. The van der Waals surface area contributed by atoms with E-state index < -0.39 is 0 Å². The first-order valence-electron chi connectivity index (χ1n) is 9.63. The molecule has 3 aromatic rings. The van der Waals surface area contributed by atoms with Crippen LogP contribution >= 0.6 is 0 Å². The van der Waals surface area contributed by atoms with Gasteiger partial charge in [-0.1, -0.05) is 42.0 Å². The second-order valence-corrected chi connectivity index (χ2v) is 7.04. The van der Waals surface area contributed by atoms with E-state index in [0.717, 1.165) is 16.7 Å². The van der Waals surface area contributed by atoms with E-state index in [1.54, 1.807) is 6.20 Å². The molecule has 0 bridgehead atoms. The fourth-order valence-electron chi connectivity index (χ4n) is 3.06. The number of benzene rings is 2. The van der Waals surface area contributed by atoms with Crippen LogP contribution in [-0.2, 0) is 22.7 Å². The van der Waals surface area contributed by atoms with Gasteiger partial charge in [0.2, 0.25) is 5.84 Å². The number of rotatable bonds is 6. The predicted molar refractivity (Wildman–Crippen MR) is 114 cm³/mol. The molecule has 2 heterocycles. The minimum Gasteiger partial charge on any atom is -0.345 e. The van der Waals surface area contributed by atoms with E-state index in [9.17, 15) is 9.59 Å². The van der Waals surface area contributed by atoms with Crippen LogP contribution in [0, 0.1) is 6.92 Å². The average Bonchev–Trinajstić information content (AvgIpc) is 3.27. The highest BCUT2D eigenvalue weighted by atomic mass is 16.2. The number of aryl methyl sites for hydroxylation is 1. The number of aromatic nitrogens is 2. The molecule has 0 radical (unpaired) electrons. The summed E-state index contributed by atoms with van der Waals surface area (Å²) in [7, 11) is 0. The summed E-state index contributed by atoms with van der Waals surface area (Å²) in [4.78, 5) is 28.8. The number of anilines is 1. The number of carbonyl (C=O) groups is 2. The van der Waals surface area contributed by atoms with Crippen molar-refractivity contribution in [1.29, 1.82) is 0 Å². The lowest BCUT2D eigenvalue weighted by Crippen LogP contribution is -2.55. The molecule has 1 aromatic heterocycles. The Labute approximate surface area is 174 Å². The van der Waals surface area contributed by atoms with Crippen LogP contribution in [-0.4, -0.2) is 34.0 Å². The van der Waals surface area contributed by atoms with Crippen molar-refractivity contribution in [3.8, 4) is 0 Å². The van der Waals surface area contributed by atoms with E-state index in [-0.39, 0.29) is 24.2 Å². The summed E-state index contributed by atoms with van der Waals surface area (Å²) in [6.45, 7) is 2.95. The third-order valence-electron chi connectivity index (χ3n) is 4.73. The summed E-state index contributed by atoms with van der Waals surface area (Å²) in [5.74, 6) is -0.464. The third-order valence-corrected chi connectivity index (χ3v) is 4.73. The quantitative estimate of drug-likeness (QED) is 0.658. The highest BCUT2D eigenvalue weighted by molar-refractivity contribution is 6.39. The summed E-state index contributed by atoms with van der Waals surface area (Å²) in [5, 5.41) is 8.39. The Morgan fingerprint density at radius 1 is 1.10 bits per heavy atom. The number of nitrogens with zero attached hydrogens (tertiary/aromatic N) is 4. The van der Waals surface area contributed by atoms with Crippen LogP contribution in [0.1, 0.15) is 16.7 Å². The Kier molecular flexibility index (Phi) is 5.56. The molecular formula is C22H22N6O2. The van der Waals surface area contributed by atoms with Gasteiger partial charge in [0.15, 0.2) is 0 Å². The van der Waals surface area contributed by atoms with Gasteiger partial charge in [0, 0.05) is 18.9 Å². The van der Waals surface area contributed by atoms with Crippen molar-refractivity contribution in [2.75, 3.05) is 11.6 Å². The van der Waals surface area contributed by atoms with Crippen LogP contribution in [0.15, 0.2) is 72.0 Å². The molecule has 2 N–H and O–H groups in total. The smallest absolute Gasteiger partial charge is 0.288 e. The average molecular weight is 402 g/mol. The van der Waals surface area contributed by atoms with Crippen molar-refractivity contribution in [1.82, 2.24) is 20.5 Å². The Balaban J connectivity index is 1.34. The second kappa shape index (κ2) is 8.60. The largest absolute Gasteiger partial charge is 0.345 e. The Morgan fingerprint density at radius 2 is 1.83 bits per heavy atom. The molecule has 152 valence electrons. The first-order valence-corrected chi connectivity index (χ1v) is 9.63. The summed E-state index contributed by atoms with van der Waals surface area (Å²) in [6.07, 6.45) is 3.66. The molecule has 1 aliphatic heterocycles. The van der Waals surface area contributed by atoms with Crippen molar-refractivity contribution < 1.29 is 9.59 Å². The minimum absolute atomic E-state index is 0.0776. The van der Waals surface area contributed by atoms with Crippen LogP contribution in [0.2, 0.25) is 0 Å². The molecule has 0 unspecified atom stereocenters. The molecule has 8 heteroatoms. The topological polar surface area (TPSA) is 91.6 Å². The maximum absolute atomic E-state index is 12.5. The van der Waals surface area contributed by atoms with Gasteiger partial charge >= 0.3 is 0 Å². The molecule has 0 atom stereocenters. The van der Waals surface area contributed by atoms with Gasteiger partial charge in [0.05, 0.1) is 12.2 Å². The lowest BCUT2D eigenvalue weighted by molar-refractivity contribution is -0.118. The number of carbonyl (C=O) groups excluding carboxylic acids is 2. The van der Waals surface area contributed by atoms with Gasteiger partial charge in [0.25, 0.3) is 11.8 Å². The van der Waals surface area contributed by atoms with Crippen LogP contribution in [0.4, 0.5) is 5.69 Å². The summed E-state index contributed by atoms with van der Waals surface area (Å²) in [5.41, 5.74) is 6.67. The van der Waals surface area contributed by atoms with Gasteiger partial charge in [-0.05, 0) is 36.2 Å². The SMILES string of the molecule is Cc1ccc(N2NC(C(=O)NCc3ccc(Cn4cccn4)cc3)=NCC2=O)cc1. The zero-order chi connectivity index (χ0) is 20.9. The maximum Gasteiger partial charge on any atom is 0.288 e. The predicted octanol–water partition coefficient (Wildman–Crippen LogP) is 1.81. The van der Waals surface area contributed by atoms with Crippen molar-refractivity contribution in [2.45, 2.75) is 20.0 Å². The first kappa shape index (κ1) is 19.4. The molecular weight excluding hydrogens is 380 g/mol. The van der Waals surface area contributed by atoms with Crippen LogP contribution in [0.3, 0.4) is 0 Å². The third kappa shape index (κ3) is 4.54. The molecule has 8 nitrogen and oxygen atoms in total. The Bertz CT molecular complexity index is 1060. The molecule has 0 saturated carbocycles. The normalized spacial score (nSPS) is 13.6. The summed E-state index contributed by atoms with van der Waals surface area (Å²) < 4.78 is 1.85. The van der Waals surface area contributed by atoms with Crippen molar-refractivity contribution in [3.05, 3.63) is 83.7 Å². The standard InChI is InChI=1S/C22H22N6O2/c1-16-3-9-19(10-4-16)28-20(29)14-23-21(26-28)22(30)24-13-17-5-7-18(8-6-17)15-27-12-2-11-25-27/h2-12H,13-15H2,1H3,(H,23,26)(H,24,30). The zero-order valence-corrected chi connectivity index (χ0v) is 16.6. The van der Waals surface area contributed by atoms with E-state index in [2.05, 4.69) is 20.8 Å². The van der Waals surface area contributed by atoms with Gasteiger partial charge in [-0.3, -0.25) is 24.7 Å². The van der Waals surface area contributed by atoms with Crippen molar-refractivity contribution in [2.24, 2.45) is 4.99 Å². The Hall–Kier alpha value is -3.94. The lowest BCUT2D eigenvalue weighted by Gasteiger charge is -2.27. The number of hydrogen-bond donors (Lipinski definition) is 2. The van der Waals surface area contributed by atoms with Gasteiger partial charge in [-0.25, -0.2) is 5.01 Å². The van der Waals surface area contributed by atoms with Crippen LogP contribution in [0.5, 0.6) is 0 Å². The number of nitrogens with one attached hydrogen (secondary N) is 2. The van der Waals surface area contributed by atoms with E-state index in [1.807, 2.05) is 72.4 Å². The Morgan fingerprint density at radius 3 is 2.53 bits per heavy atom. The van der Waals surface area contributed by atoms with E-state index >= 15 is 0 Å². The minimum atomic E-state index is -0.361. The van der Waals surface area contributed by atoms with E-state index in [0.29, 0.717) is 18.8 Å². The highest BCUT2D eigenvalue weighted by Gasteiger charge is 2.25. The second-order valence-electron chi connectivity index (χ2n) is 7.04. The number of aliphatic imine (C=N–C) groups is 1. The number of hydrogen-bond acceptors (Lipinski definition) is 5. The number of hydrazine groups is 1. The highest BCUT2D eigenvalue weighted by Crippen LogP contribution is 2.15.